The molecule has 3 aromatic rings. The molecule has 0 aliphatic carbocycles. The van der Waals surface area contributed by atoms with Crippen molar-refractivity contribution < 1.29 is 14.7 Å². The second-order valence-corrected chi connectivity index (χ2v) is 6.56. The molecule has 0 aromatic heterocycles. The molecule has 3 aromatic carbocycles. The van der Waals surface area contributed by atoms with Gasteiger partial charge in [-0.05, 0) is 41.8 Å². The van der Waals surface area contributed by atoms with Crippen molar-refractivity contribution in [3.8, 4) is 5.75 Å². The van der Waals surface area contributed by atoms with Crippen LogP contribution in [0.5, 0.6) is 5.75 Å². The first kappa shape index (κ1) is 17.6. The highest BCUT2D eigenvalue weighted by Gasteiger charge is 2.14. The lowest BCUT2D eigenvalue weighted by Crippen LogP contribution is -2.06. The largest absolute Gasteiger partial charge is 0.508 e. The zero-order chi connectivity index (χ0) is 18.7. The smallest absolute Gasteiger partial charge is 0.193 e. The average molecular weight is 344 g/mol. The lowest BCUT2D eigenvalue weighted by Gasteiger charge is -2.08. The minimum Gasteiger partial charge on any atom is -0.508 e. The molecule has 26 heavy (non-hydrogen) atoms. The topological polar surface area (TPSA) is 54.4 Å². The summed E-state index contributed by atoms with van der Waals surface area (Å²) in [5.41, 5.74) is 3.17. The SMILES string of the molecule is CC(C)c1ccc(C(=O)c2cccc(C(=O)c3ccc(O)cc3)c2)cc1. The van der Waals surface area contributed by atoms with Crippen molar-refractivity contribution in [2.45, 2.75) is 19.8 Å². The summed E-state index contributed by atoms with van der Waals surface area (Å²) in [6.45, 7) is 4.21. The van der Waals surface area contributed by atoms with Gasteiger partial charge in [-0.2, -0.15) is 0 Å². The molecule has 0 unspecified atom stereocenters. The number of ketones is 2. The van der Waals surface area contributed by atoms with E-state index in [0.29, 0.717) is 28.2 Å². The molecule has 3 heteroatoms. The van der Waals surface area contributed by atoms with Crippen molar-refractivity contribution in [3.63, 3.8) is 0 Å². The quantitative estimate of drug-likeness (QED) is 0.664. The first-order valence-electron chi connectivity index (χ1n) is 8.54. The summed E-state index contributed by atoms with van der Waals surface area (Å²) in [5.74, 6) is 0.219. The highest BCUT2D eigenvalue weighted by Crippen LogP contribution is 2.19. The van der Waals surface area contributed by atoms with E-state index in [1.165, 1.54) is 17.7 Å². The molecule has 1 N–H and O–H groups in total. The zero-order valence-corrected chi connectivity index (χ0v) is 14.8. The fourth-order valence-electron chi connectivity index (χ4n) is 2.77. The van der Waals surface area contributed by atoms with E-state index >= 15 is 0 Å². The van der Waals surface area contributed by atoms with Crippen molar-refractivity contribution in [1.82, 2.24) is 0 Å². The summed E-state index contributed by atoms with van der Waals surface area (Å²) in [7, 11) is 0. The highest BCUT2D eigenvalue weighted by atomic mass is 16.3. The Hall–Kier alpha value is -3.20. The average Bonchev–Trinajstić information content (AvgIpc) is 2.67. The van der Waals surface area contributed by atoms with Crippen molar-refractivity contribution in [3.05, 3.63) is 101 Å². The monoisotopic (exact) mass is 344 g/mol. The third-order valence-corrected chi connectivity index (χ3v) is 4.36. The maximum Gasteiger partial charge on any atom is 0.193 e. The molecule has 0 saturated carbocycles. The molecule has 0 aliphatic heterocycles. The number of carbonyl (C=O) groups is 2. The van der Waals surface area contributed by atoms with Crippen LogP contribution in [-0.2, 0) is 0 Å². The van der Waals surface area contributed by atoms with Crippen LogP contribution in [0.25, 0.3) is 0 Å². The van der Waals surface area contributed by atoms with Gasteiger partial charge in [0.1, 0.15) is 5.75 Å². The number of benzene rings is 3. The Morgan fingerprint density at radius 1 is 0.692 bits per heavy atom. The second kappa shape index (κ2) is 7.36. The van der Waals surface area contributed by atoms with Gasteiger partial charge in [0.2, 0.25) is 0 Å². The molecular formula is C23H20O3. The highest BCUT2D eigenvalue weighted by molar-refractivity contribution is 6.13. The number of phenols is 1. The fourth-order valence-corrected chi connectivity index (χ4v) is 2.77. The Bertz CT molecular complexity index is 936. The van der Waals surface area contributed by atoms with Crippen LogP contribution >= 0.6 is 0 Å². The second-order valence-electron chi connectivity index (χ2n) is 6.56. The summed E-state index contributed by atoms with van der Waals surface area (Å²) in [6.07, 6.45) is 0. The molecule has 0 amide bonds. The number of hydrogen-bond donors (Lipinski definition) is 1. The number of aromatic hydroxyl groups is 1. The molecule has 130 valence electrons. The lowest BCUT2D eigenvalue weighted by molar-refractivity contribution is 0.103. The Balaban J connectivity index is 1.87. The van der Waals surface area contributed by atoms with E-state index in [1.807, 2.05) is 24.3 Å². The normalized spacial score (nSPS) is 10.7. The van der Waals surface area contributed by atoms with Gasteiger partial charge < -0.3 is 5.11 Å². The standard InChI is InChI=1S/C23H20O3/c1-15(2)16-6-8-17(9-7-16)22(25)19-4-3-5-20(14-19)23(26)18-10-12-21(24)13-11-18/h3-15,24H,1-2H3. The Morgan fingerprint density at radius 2 is 1.15 bits per heavy atom. The zero-order valence-electron chi connectivity index (χ0n) is 14.8. The Morgan fingerprint density at radius 3 is 1.62 bits per heavy atom. The van der Waals surface area contributed by atoms with Crippen LogP contribution < -0.4 is 0 Å². The lowest BCUT2D eigenvalue weighted by atomic mass is 9.95. The number of phenolic OH excluding ortho intramolecular Hbond substituents is 1. The molecule has 0 fully saturated rings. The van der Waals surface area contributed by atoms with E-state index in [1.54, 1.807) is 36.4 Å². The van der Waals surface area contributed by atoms with Crippen LogP contribution in [-0.4, -0.2) is 16.7 Å². The third kappa shape index (κ3) is 3.72. The van der Waals surface area contributed by atoms with Crippen LogP contribution in [0.2, 0.25) is 0 Å². The molecular weight excluding hydrogens is 324 g/mol. The molecule has 0 bridgehead atoms. The van der Waals surface area contributed by atoms with E-state index in [0.717, 1.165) is 0 Å². The van der Waals surface area contributed by atoms with Crippen molar-refractivity contribution in [1.29, 1.82) is 0 Å². The summed E-state index contributed by atoms with van der Waals surface area (Å²) in [6, 6.07) is 20.4. The van der Waals surface area contributed by atoms with Crippen LogP contribution in [0.1, 0.15) is 57.2 Å². The van der Waals surface area contributed by atoms with E-state index in [4.69, 9.17) is 0 Å². The van der Waals surface area contributed by atoms with Gasteiger partial charge in [0, 0.05) is 22.3 Å². The van der Waals surface area contributed by atoms with E-state index in [9.17, 15) is 14.7 Å². The Labute approximate surface area is 152 Å². The predicted molar refractivity (Wildman–Crippen MR) is 102 cm³/mol. The molecule has 0 heterocycles. The Kier molecular flexibility index (Phi) is 4.99. The third-order valence-electron chi connectivity index (χ3n) is 4.36. The van der Waals surface area contributed by atoms with Crippen LogP contribution in [0.4, 0.5) is 0 Å². The van der Waals surface area contributed by atoms with Gasteiger partial charge in [0.05, 0.1) is 0 Å². The minimum atomic E-state index is -0.185. The van der Waals surface area contributed by atoms with E-state index in [-0.39, 0.29) is 17.3 Å². The fraction of sp³-hybridized carbons (Fsp3) is 0.130. The van der Waals surface area contributed by atoms with Crippen LogP contribution in [0.15, 0.2) is 72.8 Å². The van der Waals surface area contributed by atoms with Crippen molar-refractivity contribution >= 4 is 11.6 Å². The van der Waals surface area contributed by atoms with Gasteiger partial charge in [-0.1, -0.05) is 56.3 Å². The van der Waals surface area contributed by atoms with Crippen molar-refractivity contribution in [2.75, 3.05) is 0 Å². The summed E-state index contributed by atoms with van der Waals surface area (Å²) >= 11 is 0. The van der Waals surface area contributed by atoms with Crippen molar-refractivity contribution in [2.24, 2.45) is 0 Å². The summed E-state index contributed by atoms with van der Waals surface area (Å²) < 4.78 is 0. The maximum absolute atomic E-state index is 12.7. The van der Waals surface area contributed by atoms with Gasteiger partial charge in [-0.25, -0.2) is 0 Å². The first-order valence-corrected chi connectivity index (χ1v) is 8.54. The van der Waals surface area contributed by atoms with Gasteiger partial charge in [-0.3, -0.25) is 9.59 Å². The van der Waals surface area contributed by atoms with Gasteiger partial charge in [0.15, 0.2) is 11.6 Å². The molecule has 0 radical (unpaired) electrons. The van der Waals surface area contributed by atoms with E-state index in [2.05, 4.69) is 13.8 Å². The molecule has 3 nitrogen and oxygen atoms in total. The summed E-state index contributed by atoms with van der Waals surface area (Å²) in [5, 5.41) is 9.35. The first-order chi connectivity index (χ1) is 12.5. The number of carbonyl (C=O) groups excluding carboxylic acids is 2. The number of hydrogen-bond acceptors (Lipinski definition) is 3. The molecule has 0 atom stereocenters. The van der Waals surface area contributed by atoms with Crippen LogP contribution in [0, 0.1) is 0 Å². The molecule has 3 rings (SSSR count). The van der Waals surface area contributed by atoms with Crippen LogP contribution in [0.3, 0.4) is 0 Å². The van der Waals surface area contributed by atoms with E-state index < -0.39 is 0 Å². The van der Waals surface area contributed by atoms with Gasteiger partial charge in [0.25, 0.3) is 0 Å². The molecule has 0 aliphatic rings. The molecule has 0 saturated heterocycles. The summed E-state index contributed by atoms with van der Waals surface area (Å²) in [4.78, 5) is 25.3. The number of rotatable bonds is 5. The predicted octanol–water partition coefficient (Wildman–Crippen LogP) is 4.98. The minimum absolute atomic E-state index is 0.107. The maximum atomic E-state index is 12.7. The van der Waals surface area contributed by atoms with Gasteiger partial charge >= 0.3 is 0 Å². The molecule has 0 spiro atoms. The van der Waals surface area contributed by atoms with Gasteiger partial charge in [-0.15, -0.1) is 0 Å².